The first-order valence-electron chi connectivity index (χ1n) is 9.07. The van der Waals surface area contributed by atoms with Crippen LogP contribution in [0.25, 0.3) is 11.5 Å². The number of furan rings is 1. The van der Waals surface area contributed by atoms with E-state index in [1.807, 2.05) is 4.90 Å². The second-order valence-electron chi connectivity index (χ2n) is 6.90. The summed E-state index contributed by atoms with van der Waals surface area (Å²) in [5.74, 6) is -2.00. The van der Waals surface area contributed by atoms with Crippen LogP contribution >= 0.6 is 0 Å². The van der Waals surface area contributed by atoms with Crippen molar-refractivity contribution in [3.05, 3.63) is 42.7 Å². The van der Waals surface area contributed by atoms with E-state index in [2.05, 4.69) is 10.2 Å². The molecule has 3 fully saturated rings. The number of hydrogen-bond acceptors (Lipinski definition) is 9. The fraction of sp³-hybridized carbons (Fsp3) is 0.368. The molecule has 0 aromatic carbocycles. The molecule has 1 atom stereocenters. The number of aromatic nitrogens is 2. The van der Waals surface area contributed by atoms with Crippen LogP contribution in [0.2, 0.25) is 0 Å². The van der Waals surface area contributed by atoms with Crippen molar-refractivity contribution in [2.24, 2.45) is 5.92 Å². The molecule has 4 aliphatic heterocycles. The second-order valence-corrected chi connectivity index (χ2v) is 6.90. The third kappa shape index (κ3) is 2.75. The lowest BCUT2D eigenvalue weighted by Crippen LogP contribution is -2.71. The summed E-state index contributed by atoms with van der Waals surface area (Å²) in [6.07, 6.45) is 4.66. The summed E-state index contributed by atoms with van der Waals surface area (Å²) in [6.45, 7) is 1.29. The van der Waals surface area contributed by atoms with Gasteiger partial charge in [-0.2, -0.15) is 0 Å². The first-order valence-corrected chi connectivity index (χ1v) is 9.07. The molecule has 9 heteroatoms. The van der Waals surface area contributed by atoms with Crippen molar-refractivity contribution in [3.63, 3.8) is 0 Å². The summed E-state index contributed by atoms with van der Waals surface area (Å²) >= 11 is 0. The Morgan fingerprint density at radius 2 is 1.79 bits per heavy atom. The molecule has 1 spiro atoms. The number of ether oxygens (including phenoxy) is 3. The molecule has 2 aromatic heterocycles. The molecule has 4 aliphatic rings. The zero-order valence-corrected chi connectivity index (χ0v) is 14.8. The van der Waals surface area contributed by atoms with Gasteiger partial charge in [0.25, 0.3) is 0 Å². The molecule has 2 bridgehead atoms. The van der Waals surface area contributed by atoms with Crippen LogP contribution in [0.1, 0.15) is 12.8 Å². The molecule has 9 nitrogen and oxygen atoms in total. The van der Waals surface area contributed by atoms with E-state index < -0.39 is 24.0 Å². The minimum absolute atomic E-state index is 0.0512. The standard InChI is InChI=1S/C19H17N3O6/c23-16-5-6-17(24)28-19(27-16)18(12-7-9-22(19)10-8-12)26-15-4-3-13(20-21-15)14-2-1-11-25-14/h1-6,11-12,18H,7-10H2. The molecule has 0 radical (unpaired) electrons. The Kier molecular flexibility index (Phi) is 3.90. The first-order chi connectivity index (χ1) is 13.6. The zero-order chi connectivity index (χ0) is 19.1. The summed E-state index contributed by atoms with van der Waals surface area (Å²) in [5.41, 5.74) is 0.567. The molecular formula is C19H17N3O6. The van der Waals surface area contributed by atoms with Gasteiger partial charge in [-0.25, -0.2) is 14.5 Å². The van der Waals surface area contributed by atoms with Gasteiger partial charge in [0, 0.05) is 37.2 Å². The number of rotatable bonds is 3. The monoisotopic (exact) mass is 383 g/mol. The molecule has 28 heavy (non-hydrogen) atoms. The maximum absolute atomic E-state index is 12.1. The number of hydrogen-bond donors (Lipinski definition) is 0. The third-order valence-electron chi connectivity index (χ3n) is 5.28. The van der Waals surface area contributed by atoms with Crippen LogP contribution in [0.4, 0.5) is 0 Å². The summed E-state index contributed by atoms with van der Waals surface area (Å²) in [6, 6.07) is 6.93. The van der Waals surface area contributed by atoms with E-state index in [1.54, 1.807) is 30.5 Å². The second kappa shape index (κ2) is 6.45. The first kappa shape index (κ1) is 16.9. The highest BCUT2D eigenvalue weighted by molar-refractivity contribution is 5.93. The van der Waals surface area contributed by atoms with Crippen molar-refractivity contribution in [2.45, 2.75) is 24.9 Å². The smallest absolute Gasteiger partial charge is 0.359 e. The van der Waals surface area contributed by atoms with E-state index in [0.717, 1.165) is 25.0 Å². The minimum atomic E-state index is -1.60. The van der Waals surface area contributed by atoms with E-state index in [1.165, 1.54) is 0 Å². The van der Waals surface area contributed by atoms with Gasteiger partial charge in [-0.3, -0.25) is 0 Å². The van der Waals surface area contributed by atoms with Crippen molar-refractivity contribution < 1.29 is 28.2 Å². The largest absolute Gasteiger partial charge is 0.463 e. The molecule has 0 amide bonds. The Morgan fingerprint density at radius 1 is 1.04 bits per heavy atom. The van der Waals surface area contributed by atoms with Crippen molar-refractivity contribution in [2.75, 3.05) is 13.1 Å². The highest BCUT2D eigenvalue weighted by atomic mass is 16.8. The number of carbonyl (C=O) groups excluding carboxylic acids is 2. The van der Waals surface area contributed by atoms with Crippen LogP contribution < -0.4 is 4.74 Å². The van der Waals surface area contributed by atoms with Crippen molar-refractivity contribution in [1.82, 2.24) is 15.1 Å². The Bertz CT molecular complexity index is 896. The maximum atomic E-state index is 12.1. The van der Waals surface area contributed by atoms with Gasteiger partial charge >= 0.3 is 17.8 Å². The molecule has 6 rings (SSSR count). The van der Waals surface area contributed by atoms with E-state index >= 15 is 0 Å². The van der Waals surface area contributed by atoms with Gasteiger partial charge in [-0.15, -0.1) is 10.2 Å². The zero-order valence-electron chi connectivity index (χ0n) is 14.8. The van der Waals surface area contributed by atoms with Gasteiger partial charge in [0.05, 0.1) is 6.26 Å². The van der Waals surface area contributed by atoms with Gasteiger partial charge in [0.15, 0.2) is 11.9 Å². The van der Waals surface area contributed by atoms with Gasteiger partial charge in [-0.05, 0) is 31.0 Å². The quantitative estimate of drug-likeness (QED) is 0.730. The van der Waals surface area contributed by atoms with E-state index in [4.69, 9.17) is 18.6 Å². The molecule has 6 heterocycles. The van der Waals surface area contributed by atoms with Gasteiger partial charge in [-0.1, -0.05) is 0 Å². The van der Waals surface area contributed by atoms with Crippen LogP contribution in [0.15, 0.2) is 47.1 Å². The average Bonchev–Trinajstić information content (AvgIpc) is 3.20. The predicted molar refractivity (Wildman–Crippen MR) is 92.5 cm³/mol. The molecule has 0 N–H and O–H groups in total. The number of carbonyl (C=O) groups is 2. The van der Waals surface area contributed by atoms with E-state index in [0.29, 0.717) is 24.5 Å². The molecule has 3 saturated heterocycles. The summed E-state index contributed by atoms with van der Waals surface area (Å²) in [7, 11) is 0. The Morgan fingerprint density at radius 3 is 2.39 bits per heavy atom. The highest BCUT2D eigenvalue weighted by Gasteiger charge is 2.62. The SMILES string of the molecule is O=C1C=CC(=O)OC2(O1)C(Oc1ccc(-c3ccco3)nn1)C1CCN2CC1. The van der Waals surface area contributed by atoms with Crippen molar-refractivity contribution >= 4 is 11.9 Å². The molecule has 144 valence electrons. The molecule has 0 saturated carbocycles. The molecular weight excluding hydrogens is 366 g/mol. The van der Waals surface area contributed by atoms with Crippen LogP contribution in [-0.2, 0) is 19.1 Å². The van der Waals surface area contributed by atoms with Crippen molar-refractivity contribution in [1.29, 1.82) is 0 Å². The number of esters is 2. The Hall–Kier alpha value is -3.20. The lowest BCUT2D eigenvalue weighted by atomic mass is 9.82. The summed E-state index contributed by atoms with van der Waals surface area (Å²) in [5, 5.41) is 8.22. The normalized spacial score (nSPS) is 27.9. The van der Waals surface area contributed by atoms with Crippen LogP contribution in [0.3, 0.4) is 0 Å². The van der Waals surface area contributed by atoms with Crippen molar-refractivity contribution in [3.8, 4) is 17.3 Å². The topological polar surface area (TPSA) is 104 Å². The van der Waals surface area contributed by atoms with Gasteiger partial charge in [0.2, 0.25) is 5.88 Å². The average molecular weight is 383 g/mol. The minimum Gasteiger partial charge on any atom is -0.463 e. The number of piperidine rings is 3. The number of fused-ring (bicyclic) bond motifs is 2. The van der Waals surface area contributed by atoms with Gasteiger partial charge < -0.3 is 18.6 Å². The maximum Gasteiger partial charge on any atom is 0.359 e. The van der Waals surface area contributed by atoms with Gasteiger partial charge in [0.1, 0.15) is 5.69 Å². The molecule has 0 aliphatic carbocycles. The van der Waals surface area contributed by atoms with E-state index in [-0.39, 0.29) is 11.8 Å². The predicted octanol–water partition coefficient (Wildman–Crippen LogP) is 1.52. The Labute approximate surface area is 159 Å². The lowest BCUT2D eigenvalue weighted by molar-refractivity contribution is -0.349. The van der Waals surface area contributed by atoms with Crippen LogP contribution in [0, 0.1) is 5.92 Å². The van der Waals surface area contributed by atoms with Crippen LogP contribution in [0.5, 0.6) is 5.88 Å². The molecule has 2 aromatic rings. The van der Waals surface area contributed by atoms with E-state index in [9.17, 15) is 9.59 Å². The lowest BCUT2D eigenvalue weighted by Gasteiger charge is -2.54. The number of nitrogens with zero attached hydrogens (tertiary/aromatic N) is 3. The highest BCUT2D eigenvalue weighted by Crippen LogP contribution is 2.43. The summed E-state index contributed by atoms with van der Waals surface area (Å²) < 4.78 is 22.5. The molecule has 1 unspecified atom stereocenters. The van der Waals surface area contributed by atoms with Crippen LogP contribution in [-0.4, -0.2) is 52.1 Å². The third-order valence-corrected chi connectivity index (χ3v) is 5.28. The Balaban J connectivity index is 1.45. The fourth-order valence-corrected chi connectivity index (χ4v) is 3.99. The fourth-order valence-electron chi connectivity index (χ4n) is 3.99. The summed E-state index contributed by atoms with van der Waals surface area (Å²) in [4.78, 5) is 26.0.